The Morgan fingerprint density at radius 1 is 1.33 bits per heavy atom. The molecule has 94 valence electrons. The molecule has 1 atom stereocenters. The second-order valence-electron chi connectivity index (χ2n) is 5.76. The van der Waals surface area contributed by atoms with Gasteiger partial charge in [0, 0.05) is 6.20 Å². The first kappa shape index (κ1) is 11.5. The number of aryl methyl sites for hydroxylation is 1. The molecule has 3 rings (SSSR count). The molecule has 1 aromatic carbocycles. The molecule has 1 unspecified atom stereocenters. The second kappa shape index (κ2) is 3.98. The highest BCUT2D eigenvalue weighted by Crippen LogP contribution is 2.35. The molecule has 0 radical (unpaired) electrons. The van der Waals surface area contributed by atoms with Gasteiger partial charge in [-0.25, -0.2) is 4.68 Å². The molecule has 0 saturated carbocycles. The van der Waals surface area contributed by atoms with Crippen LogP contribution in [0.4, 0.5) is 0 Å². The van der Waals surface area contributed by atoms with Crippen LogP contribution in [0.15, 0.2) is 24.4 Å². The van der Waals surface area contributed by atoms with E-state index in [4.69, 9.17) is 0 Å². The third-order valence-electron chi connectivity index (χ3n) is 4.01. The fourth-order valence-corrected chi connectivity index (χ4v) is 2.87. The average molecular weight is 240 g/mol. The highest BCUT2D eigenvalue weighted by atomic mass is 15.3. The topological polar surface area (TPSA) is 17.8 Å². The van der Waals surface area contributed by atoms with Gasteiger partial charge < -0.3 is 0 Å². The fraction of sp³-hybridized carbons (Fsp3) is 0.438. The minimum Gasteiger partial charge on any atom is -0.240 e. The number of nitrogens with zero attached hydrogens (tertiary/aromatic N) is 2. The normalized spacial score (nSPS) is 17.7. The molecule has 0 bridgehead atoms. The number of fused-ring (bicyclic) bond motifs is 1. The van der Waals surface area contributed by atoms with E-state index in [1.54, 1.807) is 0 Å². The zero-order chi connectivity index (χ0) is 12.9. The van der Waals surface area contributed by atoms with Crippen LogP contribution >= 0.6 is 0 Å². The van der Waals surface area contributed by atoms with E-state index < -0.39 is 0 Å². The number of hydrogen-bond acceptors (Lipinski definition) is 1. The van der Waals surface area contributed by atoms with Gasteiger partial charge >= 0.3 is 0 Å². The zero-order valence-electron chi connectivity index (χ0n) is 11.6. The summed E-state index contributed by atoms with van der Waals surface area (Å²) in [5.41, 5.74) is 6.66. The Morgan fingerprint density at radius 3 is 2.67 bits per heavy atom. The molecule has 0 N–H and O–H groups in total. The maximum absolute atomic E-state index is 4.63. The standard InChI is InChI=1S/C16H20N2/c1-10(2)16-9-18(17-12(16)4)14-5-6-15-11(3)7-13(15)8-14/h5-6,8-11H,7H2,1-4H3. The Labute approximate surface area is 109 Å². The van der Waals surface area contributed by atoms with Crippen molar-refractivity contribution in [1.82, 2.24) is 9.78 Å². The molecule has 1 aliphatic rings. The largest absolute Gasteiger partial charge is 0.240 e. The van der Waals surface area contributed by atoms with Crippen LogP contribution in [0.1, 0.15) is 55.0 Å². The summed E-state index contributed by atoms with van der Waals surface area (Å²) in [6.07, 6.45) is 3.38. The SMILES string of the molecule is Cc1nn(-c2ccc3c(c2)CC3C)cc1C(C)C. The van der Waals surface area contributed by atoms with Gasteiger partial charge in [0.1, 0.15) is 0 Å². The molecule has 0 amide bonds. The van der Waals surface area contributed by atoms with Crippen LogP contribution in [0.25, 0.3) is 5.69 Å². The highest BCUT2D eigenvalue weighted by Gasteiger charge is 2.22. The lowest BCUT2D eigenvalue weighted by Crippen LogP contribution is -2.14. The van der Waals surface area contributed by atoms with E-state index in [9.17, 15) is 0 Å². The average Bonchev–Trinajstić information content (AvgIpc) is 2.69. The van der Waals surface area contributed by atoms with Crippen molar-refractivity contribution in [2.24, 2.45) is 0 Å². The van der Waals surface area contributed by atoms with Crippen LogP contribution in [0, 0.1) is 6.92 Å². The minimum absolute atomic E-state index is 0.533. The monoisotopic (exact) mass is 240 g/mol. The van der Waals surface area contributed by atoms with Crippen molar-refractivity contribution in [1.29, 1.82) is 0 Å². The zero-order valence-corrected chi connectivity index (χ0v) is 11.6. The Kier molecular flexibility index (Phi) is 2.54. The van der Waals surface area contributed by atoms with Gasteiger partial charge in [-0.2, -0.15) is 5.10 Å². The van der Waals surface area contributed by atoms with E-state index in [2.05, 4.69) is 57.2 Å². The molecular weight excluding hydrogens is 220 g/mol. The molecule has 0 spiro atoms. The highest BCUT2D eigenvalue weighted by molar-refractivity contribution is 5.47. The number of hydrogen-bond donors (Lipinski definition) is 0. The Balaban J connectivity index is 2.00. The van der Waals surface area contributed by atoms with Gasteiger partial charge in [-0.3, -0.25) is 0 Å². The summed E-state index contributed by atoms with van der Waals surface area (Å²) in [6.45, 7) is 8.81. The van der Waals surface area contributed by atoms with Crippen LogP contribution in [-0.4, -0.2) is 9.78 Å². The summed E-state index contributed by atoms with van der Waals surface area (Å²) in [5.74, 6) is 1.27. The second-order valence-corrected chi connectivity index (χ2v) is 5.76. The third kappa shape index (κ3) is 1.67. The third-order valence-corrected chi connectivity index (χ3v) is 4.01. The summed E-state index contributed by atoms with van der Waals surface area (Å²) in [7, 11) is 0. The number of aromatic nitrogens is 2. The first-order chi connectivity index (χ1) is 8.56. The molecule has 2 aromatic rings. The lowest BCUT2D eigenvalue weighted by atomic mass is 9.79. The van der Waals surface area contributed by atoms with Gasteiger partial charge in [0.2, 0.25) is 0 Å². The van der Waals surface area contributed by atoms with Crippen LogP contribution in [0.5, 0.6) is 0 Å². The van der Waals surface area contributed by atoms with Crippen molar-refractivity contribution in [3.8, 4) is 5.69 Å². The fourth-order valence-electron chi connectivity index (χ4n) is 2.87. The smallest absolute Gasteiger partial charge is 0.0648 e. The van der Waals surface area contributed by atoms with E-state index in [1.807, 2.05) is 4.68 Å². The first-order valence-electron chi connectivity index (χ1n) is 6.75. The van der Waals surface area contributed by atoms with Gasteiger partial charge in [0.05, 0.1) is 11.4 Å². The minimum atomic E-state index is 0.533. The van der Waals surface area contributed by atoms with Crippen LogP contribution < -0.4 is 0 Å². The lowest BCUT2D eigenvalue weighted by Gasteiger charge is -2.27. The number of rotatable bonds is 2. The van der Waals surface area contributed by atoms with Gasteiger partial charge in [-0.15, -0.1) is 0 Å². The summed E-state index contributed by atoms with van der Waals surface area (Å²) < 4.78 is 2.02. The van der Waals surface area contributed by atoms with Gasteiger partial charge in [-0.05, 0) is 54.0 Å². The predicted molar refractivity (Wildman–Crippen MR) is 74.5 cm³/mol. The molecule has 0 aliphatic heterocycles. The van der Waals surface area contributed by atoms with E-state index in [0.29, 0.717) is 5.92 Å². The maximum atomic E-state index is 4.63. The van der Waals surface area contributed by atoms with E-state index >= 15 is 0 Å². The van der Waals surface area contributed by atoms with Gasteiger partial charge in [-0.1, -0.05) is 26.8 Å². The van der Waals surface area contributed by atoms with Crippen molar-refractivity contribution >= 4 is 0 Å². The summed E-state index contributed by atoms with van der Waals surface area (Å²) in [5, 5.41) is 4.63. The van der Waals surface area contributed by atoms with Gasteiger partial charge in [0.25, 0.3) is 0 Å². The van der Waals surface area contributed by atoms with Crippen molar-refractivity contribution in [3.63, 3.8) is 0 Å². The van der Waals surface area contributed by atoms with Crippen molar-refractivity contribution in [3.05, 3.63) is 46.8 Å². The summed E-state index contributed by atoms with van der Waals surface area (Å²) in [4.78, 5) is 0. The van der Waals surface area contributed by atoms with E-state index in [0.717, 1.165) is 11.6 Å². The van der Waals surface area contributed by atoms with Crippen molar-refractivity contribution < 1.29 is 0 Å². The number of benzene rings is 1. The van der Waals surface area contributed by atoms with Gasteiger partial charge in [0.15, 0.2) is 0 Å². The molecule has 0 saturated heterocycles. The van der Waals surface area contributed by atoms with Crippen LogP contribution in [0.2, 0.25) is 0 Å². The summed E-state index contributed by atoms with van der Waals surface area (Å²) >= 11 is 0. The molecule has 18 heavy (non-hydrogen) atoms. The molecule has 2 heteroatoms. The van der Waals surface area contributed by atoms with Crippen LogP contribution in [0.3, 0.4) is 0 Å². The maximum Gasteiger partial charge on any atom is 0.0648 e. The Hall–Kier alpha value is -1.57. The Bertz CT molecular complexity index is 593. The molecule has 1 heterocycles. The molecule has 1 aliphatic carbocycles. The molecule has 2 nitrogen and oxygen atoms in total. The molecular formula is C16H20N2. The molecule has 1 aromatic heterocycles. The first-order valence-corrected chi connectivity index (χ1v) is 6.75. The van der Waals surface area contributed by atoms with E-state index in [-0.39, 0.29) is 0 Å². The van der Waals surface area contributed by atoms with Crippen molar-refractivity contribution in [2.75, 3.05) is 0 Å². The van der Waals surface area contributed by atoms with E-state index in [1.165, 1.54) is 28.8 Å². The predicted octanol–water partition coefficient (Wildman–Crippen LogP) is 3.96. The quantitative estimate of drug-likeness (QED) is 0.776. The van der Waals surface area contributed by atoms with Crippen LogP contribution in [-0.2, 0) is 6.42 Å². The molecule has 0 fully saturated rings. The lowest BCUT2D eigenvalue weighted by molar-refractivity contribution is 0.664. The summed E-state index contributed by atoms with van der Waals surface area (Å²) in [6, 6.07) is 6.72. The Morgan fingerprint density at radius 2 is 2.11 bits per heavy atom. The van der Waals surface area contributed by atoms with Crippen molar-refractivity contribution in [2.45, 2.75) is 46.0 Å².